The van der Waals surface area contributed by atoms with Gasteiger partial charge in [-0.2, -0.15) is 0 Å². The van der Waals surface area contributed by atoms with Crippen molar-refractivity contribution in [2.24, 2.45) is 0 Å². The fourth-order valence-corrected chi connectivity index (χ4v) is 2.39. The van der Waals surface area contributed by atoms with Crippen LogP contribution in [0.3, 0.4) is 0 Å². The van der Waals surface area contributed by atoms with Crippen LogP contribution < -0.4 is 5.32 Å². The van der Waals surface area contributed by atoms with Gasteiger partial charge in [-0.25, -0.2) is 0 Å². The maximum Gasteiger partial charge on any atom is 0.252 e. The van der Waals surface area contributed by atoms with Crippen LogP contribution in [-0.2, 0) is 4.74 Å². The van der Waals surface area contributed by atoms with Crippen LogP contribution in [0.4, 0.5) is 0 Å². The predicted molar refractivity (Wildman–Crippen MR) is 76.1 cm³/mol. The number of nitrogens with one attached hydrogen (secondary N) is 1. The molecule has 1 saturated heterocycles. The maximum atomic E-state index is 12.0. The van der Waals surface area contributed by atoms with Crippen molar-refractivity contribution >= 4 is 21.8 Å². The van der Waals surface area contributed by atoms with Crippen LogP contribution in [0.2, 0.25) is 0 Å². The zero-order chi connectivity index (χ0) is 13.7. The molecule has 19 heavy (non-hydrogen) atoms. The number of amides is 1. The molecule has 1 unspecified atom stereocenters. The second-order valence-corrected chi connectivity index (χ2v) is 5.51. The predicted octanol–water partition coefficient (Wildman–Crippen LogP) is 1.29. The van der Waals surface area contributed by atoms with Gasteiger partial charge in [-0.15, -0.1) is 0 Å². The van der Waals surface area contributed by atoms with Crippen molar-refractivity contribution in [3.8, 4) is 0 Å². The van der Waals surface area contributed by atoms with Gasteiger partial charge in [0.05, 0.1) is 18.8 Å². The number of carbonyl (C=O) groups is 1. The number of nitrogens with zero attached hydrogens (tertiary/aromatic N) is 2. The van der Waals surface area contributed by atoms with Gasteiger partial charge in [0.2, 0.25) is 0 Å². The zero-order valence-corrected chi connectivity index (χ0v) is 12.5. The minimum atomic E-state index is -0.0890. The third-order valence-electron chi connectivity index (χ3n) is 3.19. The molecule has 1 aromatic rings. The molecule has 1 aliphatic heterocycles. The molecule has 1 amide bonds. The first kappa shape index (κ1) is 14.4. The van der Waals surface area contributed by atoms with E-state index >= 15 is 0 Å². The monoisotopic (exact) mass is 327 g/mol. The Labute approximate surface area is 121 Å². The number of hydrogen-bond donors (Lipinski definition) is 1. The van der Waals surface area contributed by atoms with E-state index in [0.717, 1.165) is 30.8 Å². The number of rotatable bonds is 4. The Morgan fingerprint density at radius 2 is 2.26 bits per heavy atom. The molecule has 1 aromatic heterocycles. The first-order valence-electron chi connectivity index (χ1n) is 6.37. The summed E-state index contributed by atoms with van der Waals surface area (Å²) in [6, 6.07) is 2.08. The van der Waals surface area contributed by atoms with Gasteiger partial charge in [-0.3, -0.25) is 14.7 Å². The van der Waals surface area contributed by atoms with E-state index in [9.17, 15) is 4.79 Å². The lowest BCUT2D eigenvalue weighted by Gasteiger charge is -2.32. The highest BCUT2D eigenvalue weighted by atomic mass is 79.9. The largest absolute Gasteiger partial charge is 0.379 e. The molecule has 6 heteroatoms. The fourth-order valence-electron chi connectivity index (χ4n) is 2.03. The van der Waals surface area contributed by atoms with Gasteiger partial charge in [0, 0.05) is 42.5 Å². The molecule has 104 valence electrons. The van der Waals surface area contributed by atoms with Crippen molar-refractivity contribution in [3.63, 3.8) is 0 Å². The minimum Gasteiger partial charge on any atom is -0.379 e. The van der Waals surface area contributed by atoms with Crippen molar-refractivity contribution < 1.29 is 9.53 Å². The summed E-state index contributed by atoms with van der Waals surface area (Å²) in [5.41, 5.74) is 0.573. The highest BCUT2D eigenvalue weighted by Gasteiger charge is 2.17. The average Bonchev–Trinajstić information content (AvgIpc) is 2.45. The molecule has 1 N–H and O–H groups in total. The summed E-state index contributed by atoms with van der Waals surface area (Å²) in [5, 5.41) is 2.94. The van der Waals surface area contributed by atoms with E-state index in [1.54, 1.807) is 18.5 Å². The van der Waals surface area contributed by atoms with E-state index in [-0.39, 0.29) is 5.91 Å². The number of carbonyl (C=O) groups excluding carboxylic acids is 1. The Hall–Kier alpha value is -0.980. The van der Waals surface area contributed by atoms with Crippen LogP contribution in [0.5, 0.6) is 0 Å². The highest BCUT2D eigenvalue weighted by molar-refractivity contribution is 9.10. The number of halogens is 1. The molecule has 5 nitrogen and oxygen atoms in total. The Balaban J connectivity index is 1.82. The van der Waals surface area contributed by atoms with Gasteiger partial charge in [0.1, 0.15) is 0 Å². The second-order valence-electron chi connectivity index (χ2n) is 4.60. The summed E-state index contributed by atoms with van der Waals surface area (Å²) >= 11 is 3.31. The lowest BCUT2D eigenvalue weighted by Crippen LogP contribution is -2.47. The van der Waals surface area contributed by atoms with E-state index in [1.807, 2.05) is 0 Å². The topological polar surface area (TPSA) is 54.5 Å². The van der Waals surface area contributed by atoms with Crippen LogP contribution >= 0.6 is 15.9 Å². The molecule has 2 rings (SSSR count). The molecule has 0 saturated carbocycles. The molecule has 1 atom stereocenters. The van der Waals surface area contributed by atoms with Gasteiger partial charge in [-0.1, -0.05) is 0 Å². The first-order valence-corrected chi connectivity index (χ1v) is 7.16. The number of pyridine rings is 1. The molecule has 1 fully saturated rings. The zero-order valence-electron chi connectivity index (χ0n) is 10.9. The molecule has 2 heterocycles. The van der Waals surface area contributed by atoms with E-state index in [2.05, 4.69) is 38.1 Å². The van der Waals surface area contributed by atoms with Crippen molar-refractivity contribution in [1.82, 2.24) is 15.2 Å². The van der Waals surface area contributed by atoms with E-state index in [1.165, 1.54) is 0 Å². The van der Waals surface area contributed by atoms with Crippen LogP contribution in [0.25, 0.3) is 0 Å². The lowest BCUT2D eigenvalue weighted by atomic mass is 10.2. The van der Waals surface area contributed by atoms with Crippen molar-refractivity contribution in [1.29, 1.82) is 0 Å². The summed E-state index contributed by atoms with van der Waals surface area (Å²) < 4.78 is 6.12. The minimum absolute atomic E-state index is 0.0890. The number of ether oxygens (including phenoxy) is 1. The number of morpholine rings is 1. The van der Waals surface area contributed by atoms with Crippen LogP contribution in [0.1, 0.15) is 17.3 Å². The molecule has 0 spiro atoms. The molecule has 0 aromatic carbocycles. The number of aromatic nitrogens is 1. The summed E-state index contributed by atoms with van der Waals surface area (Å²) in [7, 11) is 0. The van der Waals surface area contributed by atoms with E-state index < -0.39 is 0 Å². The van der Waals surface area contributed by atoms with Crippen LogP contribution in [0, 0.1) is 0 Å². The standard InChI is InChI=1S/C13H18BrN3O2/c1-10(17-2-4-19-5-3-17)7-16-13(18)11-6-12(14)9-15-8-11/h6,8-10H,2-5,7H2,1H3,(H,16,18). The van der Waals surface area contributed by atoms with Gasteiger partial charge in [0.15, 0.2) is 0 Å². The smallest absolute Gasteiger partial charge is 0.252 e. The molecular formula is C13H18BrN3O2. The Morgan fingerprint density at radius 1 is 1.53 bits per heavy atom. The van der Waals surface area contributed by atoms with Crippen molar-refractivity contribution in [2.45, 2.75) is 13.0 Å². The summed E-state index contributed by atoms with van der Waals surface area (Å²) in [4.78, 5) is 18.3. The highest BCUT2D eigenvalue weighted by Crippen LogP contribution is 2.09. The first-order chi connectivity index (χ1) is 9.16. The number of hydrogen-bond acceptors (Lipinski definition) is 4. The second kappa shape index (κ2) is 6.98. The maximum absolute atomic E-state index is 12.0. The van der Waals surface area contributed by atoms with Crippen LogP contribution in [0.15, 0.2) is 22.9 Å². The Bertz CT molecular complexity index is 436. The normalized spacial score (nSPS) is 18.0. The molecule has 0 bridgehead atoms. The summed E-state index contributed by atoms with van der Waals surface area (Å²) in [5.74, 6) is -0.0890. The third-order valence-corrected chi connectivity index (χ3v) is 3.63. The Morgan fingerprint density at radius 3 is 2.95 bits per heavy atom. The lowest BCUT2D eigenvalue weighted by molar-refractivity contribution is 0.0204. The summed E-state index contributed by atoms with van der Waals surface area (Å²) in [6.45, 7) is 6.14. The van der Waals surface area contributed by atoms with E-state index in [0.29, 0.717) is 18.2 Å². The SMILES string of the molecule is CC(CNC(=O)c1cncc(Br)c1)N1CCOCC1. The van der Waals surface area contributed by atoms with Crippen LogP contribution in [-0.4, -0.2) is 54.7 Å². The third kappa shape index (κ3) is 4.26. The average molecular weight is 328 g/mol. The molecule has 0 aliphatic carbocycles. The van der Waals surface area contributed by atoms with Gasteiger partial charge >= 0.3 is 0 Å². The van der Waals surface area contributed by atoms with Crippen molar-refractivity contribution in [3.05, 3.63) is 28.5 Å². The van der Waals surface area contributed by atoms with Gasteiger partial charge in [0.25, 0.3) is 5.91 Å². The molecule has 1 aliphatic rings. The fraction of sp³-hybridized carbons (Fsp3) is 0.538. The van der Waals surface area contributed by atoms with Gasteiger partial charge < -0.3 is 10.1 Å². The quantitative estimate of drug-likeness (QED) is 0.905. The van der Waals surface area contributed by atoms with E-state index in [4.69, 9.17) is 4.74 Å². The summed E-state index contributed by atoms with van der Waals surface area (Å²) in [6.07, 6.45) is 3.23. The van der Waals surface area contributed by atoms with Crippen molar-refractivity contribution in [2.75, 3.05) is 32.8 Å². The van der Waals surface area contributed by atoms with Gasteiger partial charge in [-0.05, 0) is 28.9 Å². The Kier molecular flexibility index (Phi) is 5.30. The molecule has 0 radical (unpaired) electrons. The molecular weight excluding hydrogens is 310 g/mol.